The van der Waals surface area contributed by atoms with Crippen molar-refractivity contribution in [1.29, 1.82) is 0 Å². The number of anilines is 1. The SMILES string of the molecule is CC(C)(C)OC(=O)NCCCNS(=O)(=O)c1ccc(N)nc1. The first-order chi connectivity index (χ1) is 10.1. The van der Waals surface area contributed by atoms with Crippen LogP contribution < -0.4 is 15.8 Å². The van der Waals surface area contributed by atoms with Gasteiger partial charge in [-0.3, -0.25) is 0 Å². The van der Waals surface area contributed by atoms with Crippen LogP contribution in [-0.4, -0.2) is 38.2 Å². The van der Waals surface area contributed by atoms with Gasteiger partial charge in [0.25, 0.3) is 0 Å². The number of carbonyl (C=O) groups excluding carboxylic acids is 1. The zero-order valence-corrected chi connectivity index (χ0v) is 13.7. The number of nitrogens with two attached hydrogens (primary N) is 1. The van der Waals surface area contributed by atoms with Crippen LogP contribution in [0.3, 0.4) is 0 Å². The van der Waals surface area contributed by atoms with Gasteiger partial charge in [-0.2, -0.15) is 0 Å². The molecule has 4 N–H and O–H groups in total. The largest absolute Gasteiger partial charge is 0.444 e. The van der Waals surface area contributed by atoms with E-state index >= 15 is 0 Å². The Morgan fingerprint density at radius 3 is 2.55 bits per heavy atom. The molecule has 0 aliphatic carbocycles. The molecule has 0 atom stereocenters. The molecule has 0 saturated carbocycles. The van der Waals surface area contributed by atoms with Crippen molar-refractivity contribution >= 4 is 21.9 Å². The summed E-state index contributed by atoms with van der Waals surface area (Å²) in [6, 6.07) is 2.79. The quantitative estimate of drug-likeness (QED) is 0.665. The van der Waals surface area contributed by atoms with Gasteiger partial charge in [0.2, 0.25) is 10.0 Å². The first-order valence-corrected chi connectivity index (χ1v) is 8.26. The van der Waals surface area contributed by atoms with Gasteiger partial charge >= 0.3 is 6.09 Å². The van der Waals surface area contributed by atoms with Gasteiger partial charge < -0.3 is 15.8 Å². The summed E-state index contributed by atoms with van der Waals surface area (Å²) in [5.41, 5.74) is 4.84. The minimum atomic E-state index is -3.62. The van der Waals surface area contributed by atoms with Crippen LogP contribution in [0.1, 0.15) is 27.2 Å². The van der Waals surface area contributed by atoms with Crippen molar-refractivity contribution in [1.82, 2.24) is 15.0 Å². The standard InChI is InChI=1S/C13H22N4O4S/c1-13(2,3)21-12(18)15-7-4-8-17-22(19,20)10-5-6-11(14)16-9-10/h5-6,9,17H,4,7-8H2,1-3H3,(H2,14,16)(H,15,18). The molecule has 1 rings (SSSR count). The summed E-state index contributed by atoms with van der Waals surface area (Å²) < 4.78 is 31.3. The molecule has 0 bridgehead atoms. The molecule has 8 nitrogen and oxygen atoms in total. The van der Waals surface area contributed by atoms with Gasteiger partial charge in [-0.25, -0.2) is 22.9 Å². The number of sulfonamides is 1. The molecule has 0 aromatic carbocycles. The van der Waals surface area contributed by atoms with Crippen LogP contribution in [0, 0.1) is 0 Å². The summed E-state index contributed by atoms with van der Waals surface area (Å²) in [5.74, 6) is 0.250. The number of aromatic nitrogens is 1. The van der Waals surface area contributed by atoms with Crippen molar-refractivity contribution in [3.05, 3.63) is 18.3 Å². The number of hydrogen-bond acceptors (Lipinski definition) is 6. The second-order valence-corrected chi connectivity index (χ2v) is 7.37. The van der Waals surface area contributed by atoms with E-state index in [1.54, 1.807) is 20.8 Å². The second-order valence-electron chi connectivity index (χ2n) is 5.60. The van der Waals surface area contributed by atoms with E-state index in [9.17, 15) is 13.2 Å². The number of nitrogen functional groups attached to an aromatic ring is 1. The van der Waals surface area contributed by atoms with Gasteiger partial charge in [-0.1, -0.05) is 0 Å². The van der Waals surface area contributed by atoms with Crippen LogP contribution in [0.25, 0.3) is 0 Å². The Labute approximate surface area is 130 Å². The van der Waals surface area contributed by atoms with E-state index in [0.29, 0.717) is 13.0 Å². The first kappa shape index (κ1) is 18.2. The van der Waals surface area contributed by atoms with Crippen LogP contribution in [-0.2, 0) is 14.8 Å². The average Bonchev–Trinajstić information content (AvgIpc) is 2.36. The molecule has 9 heteroatoms. The highest BCUT2D eigenvalue weighted by molar-refractivity contribution is 7.89. The Bertz CT molecular complexity index is 593. The maximum atomic E-state index is 11.9. The maximum Gasteiger partial charge on any atom is 0.407 e. The number of nitrogens with one attached hydrogen (secondary N) is 2. The van der Waals surface area contributed by atoms with Gasteiger partial charge in [0, 0.05) is 19.3 Å². The number of amides is 1. The Hall–Kier alpha value is -1.87. The van der Waals surface area contributed by atoms with Crippen LogP contribution in [0.15, 0.2) is 23.2 Å². The molecular weight excluding hydrogens is 308 g/mol. The fourth-order valence-electron chi connectivity index (χ4n) is 1.43. The topological polar surface area (TPSA) is 123 Å². The Kier molecular flexibility index (Phi) is 6.12. The molecule has 0 unspecified atom stereocenters. The van der Waals surface area contributed by atoms with Gasteiger partial charge in [0.15, 0.2) is 0 Å². The highest BCUT2D eigenvalue weighted by atomic mass is 32.2. The normalized spacial score (nSPS) is 12.0. The Morgan fingerprint density at radius 1 is 1.32 bits per heavy atom. The van der Waals surface area contributed by atoms with Crippen molar-refractivity contribution in [2.24, 2.45) is 0 Å². The predicted molar refractivity (Wildman–Crippen MR) is 82.7 cm³/mol. The number of alkyl carbamates (subject to hydrolysis) is 1. The molecular formula is C13H22N4O4S. The van der Waals surface area contributed by atoms with E-state index < -0.39 is 21.7 Å². The summed E-state index contributed by atoms with van der Waals surface area (Å²) in [6.45, 7) is 5.78. The minimum absolute atomic E-state index is 0.0433. The number of pyridine rings is 1. The monoisotopic (exact) mass is 330 g/mol. The summed E-state index contributed by atoms with van der Waals surface area (Å²) >= 11 is 0. The molecule has 0 aliphatic heterocycles. The highest BCUT2D eigenvalue weighted by Gasteiger charge is 2.16. The number of carbonyl (C=O) groups is 1. The molecule has 0 saturated heterocycles. The zero-order chi connectivity index (χ0) is 16.8. The fraction of sp³-hybridized carbons (Fsp3) is 0.538. The van der Waals surface area contributed by atoms with Crippen molar-refractivity contribution in [2.75, 3.05) is 18.8 Å². The smallest absolute Gasteiger partial charge is 0.407 e. The summed E-state index contributed by atoms with van der Waals surface area (Å²) in [7, 11) is -3.62. The summed E-state index contributed by atoms with van der Waals surface area (Å²) in [6.07, 6.45) is 1.09. The lowest BCUT2D eigenvalue weighted by atomic mass is 10.2. The lowest BCUT2D eigenvalue weighted by molar-refractivity contribution is 0.0527. The molecule has 0 spiro atoms. The lowest BCUT2D eigenvalue weighted by Gasteiger charge is -2.19. The van der Waals surface area contributed by atoms with Gasteiger partial charge in [-0.15, -0.1) is 0 Å². The maximum absolute atomic E-state index is 11.9. The van der Waals surface area contributed by atoms with Crippen molar-refractivity contribution in [3.63, 3.8) is 0 Å². The van der Waals surface area contributed by atoms with E-state index in [1.165, 1.54) is 18.3 Å². The van der Waals surface area contributed by atoms with Gasteiger partial charge in [-0.05, 0) is 39.3 Å². The van der Waals surface area contributed by atoms with E-state index in [0.717, 1.165) is 0 Å². The van der Waals surface area contributed by atoms with Crippen LogP contribution in [0.5, 0.6) is 0 Å². The zero-order valence-electron chi connectivity index (χ0n) is 12.9. The Balaban J connectivity index is 2.32. The van der Waals surface area contributed by atoms with Crippen LogP contribution in [0.4, 0.5) is 10.6 Å². The predicted octanol–water partition coefficient (Wildman–Crippen LogP) is 0.857. The number of nitrogens with zero attached hydrogens (tertiary/aromatic N) is 1. The average molecular weight is 330 g/mol. The molecule has 1 aromatic rings. The fourth-order valence-corrected chi connectivity index (χ4v) is 2.45. The van der Waals surface area contributed by atoms with Crippen LogP contribution in [0.2, 0.25) is 0 Å². The lowest BCUT2D eigenvalue weighted by Crippen LogP contribution is -2.34. The molecule has 1 heterocycles. The van der Waals surface area contributed by atoms with E-state index in [-0.39, 0.29) is 17.3 Å². The molecule has 0 aliphatic rings. The highest BCUT2D eigenvalue weighted by Crippen LogP contribution is 2.08. The van der Waals surface area contributed by atoms with E-state index in [4.69, 9.17) is 10.5 Å². The summed E-state index contributed by atoms with van der Waals surface area (Å²) in [5, 5.41) is 2.55. The molecule has 1 amide bonds. The van der Waals surface area contributed by atoms with E-state index in [2.05, 4.69) is 15.0 Å². The number of ether oxygens (including phenoxy) is 1. The Morgan fingerprint density at radius 2 is 2.00 bits per heavy atom. The van der Waals surface area contributed by atoms with E-state index in [1.807, 2.05) is 0 Å². The molecule has 0 fully saturated rings. The number of rotatable bonds is 6. The van der Waals surface area contributed by atoms with Gasteiger partial charge in [0.05, 0.1) is 0 Å². The van der Waals surface area contributed by atoms with Gasteiger partial charge in [0.1, 0.15) is 16.3 Å². The van der Waals surface area contributed by atoms with Crippen molar-refractivity contribution < 1.29 is 17.9 Å². The van der Waals surface area contributed by atoms with Crippen molar-refractivity contribution in [2.45, 2.75) is 37.7 Å². The molecule has 124 valence electrons. The molecule has 22 heavy (non-hydrogen) atoms. The minimum Gasteiger partial charge on any atom is -0.444 e. The van der Waals surface area contributed by atoms with Crippen LogP contribution >= 0.6 is 0 Å². The molecule has 0 radical (unpaired) electrons. The second kappa shape index (κ2) is 7.41. The van der Waals surface area contributed by atoms with Crippen molar-refractivity contribution in [3.8, 4) is 0 Å². The number of hydrogen-bond donors (Lipinski definition) is 3. The first-order valence-electron chi connectivity index (χ1n) is 6.78. The third-order valence-corrected chi connectivity index (χ3v) is 3.83. The summed E-state index contributed by atoms with van der Waals surface area (Å²) in [4.78, 5) is 15.2. The third-order valence-electron chi connectivity index (χ3n) is 2.38. The molecule has 1 aromatic heterocycles. The third kappa shape index (κ3) is 6.72.